The molecule has 2 heterocycles. The summed E-state index contributed by atoms with van der Waals surface area (Å²) in [5.74, 6) is -0.975. The highest BCUT2D eigenvalue weighted by atomic mass is 19.4. The maximum atomic E-state index is 13.9. The fraction of sp³-hybridized carbons (Fsp3) is 0.222. The molecule has 0 atom stereocenters. The zero-order valence-electron chi connectivity index (χ0n) is 15.2. The molecule has 0 aliphatic heterocycles. The molecule has 0 aliphatic carbocycles. The molecule has 10 heteroatoms. The number of benzene rings is 1. The van der Waals surface area contributed by atoms with Gasteiger partial charge < -0.3 is 0 Å². The van der Waals surface area contributed by atoms with Crippen LogP contribution >= 0.6 is 0 Å². The molecule has 0 saturated carbocycles. The minimum atomic E-state index is -4.66. The highest BCUT2D eigenvalue weighted by Crippen LogP contribution is 2.31. The molecule has 28 heavy (non-hydrogen) atoms. The number of hydrogen-bond acceptors (Lipinski definition) is 5. The quantitative estimate of drug-likeness (QED) is 0.412. The maximum Gasteiger partial charge on any atom is 0.433 e. The Morgan fingerprint density at radius 2 is 1.79 bits per heavy atom. The van der Waals surface area contributed by atoms with Crippen molar-refractivity contribution < 1.29 is 17.6 Å². The third-order valence-corrected chi connectivity index (χ3v) is 3.92. The summed E-state index contributed by atoms with van der Waals surface area (Å²) < 4.78 is 54.5. The van der Waals surface area contributed by atoms with E-state index in [1.54, 1.807) is 31.2 Å². The van der Waals surface area contributed by atoms with Gasteiger partial charge >= 0.3 is 6.18 Å². The minimum Gasteiger partial charge on any atom is -0.245 e. The van der Waals surface area contributed by atoms with E-state index in [0.717, 1.165) is 22.5 Å². The van der Waals surface area contributed by atoms with Crippen LogP contribution < -0.4 is 5.43 Å². The number of aromatic nitrogens is 4. The van der Waals surface area contributed by atoms with E-state index in [-0.39, 0.29) is 17.2 Å². The van der Waals surface area contributed by atoms with Crippen LogP contribution in [0.3, 0.4) is 0 Å². The van der Waals surface area contributed by atoms with Crippen molar-refractivity contribution in [2.75, 3.05) is 5.43 Å². The summed E-state index contributed by atoms with van der Waals surface area (Å²) in [5, 5.41) is 7.64. The van der Waals surface area contributed by atoms with E-state index in [4.69, 9.17) is 0 Å². The lowest BCUT2D eigenvalue weighted by molar-refractivity contribution is -0.141. The van der Waals surface area contributed by atoms with Gasteiger partial charge in [0.1, 0.15) is 0 Å². The lowest BCUT2D eigenvalue weighted by Gasteiger charge is -2.10. The Bertz CT molecular complexity index is 1020. The number of hydrogen-bond donors (Lipinski definition) is 1. The van der Waals surface area contributed by atoms with Gasteiger partial charge in [-0.3, -0.25) is 0 Å². The van der Waals surface area contributed by atoms with Crippen LogP contribution in [0.2, 0.25) is 0 Å². The summed E-state index contributed by atoms with van der Waals surface area (Å²) in [6, 6.07) is 7.73. The third-order valence-electron chi connectivity index (χ3n) is 3.92. The zero-order valence-corrected chi connectivity index (χ0v) is 15.2. The van der Waals surface area contributed by atoms with Gasteiger partial charge in [0.05, 0.1) is 23.2 Å². The molecule has 3 aromatic rings. The zero-order chi connectivity index (χ0) is 20.5. The topological polar surface area (TPSA) is 68.0 Å². The van der Waals surface area contributed by atoms with Gasteiger partial charge in [-0.15, -0.1) is 0 Å². The molecule has 0 unspecified atom stereocenters. The average molecular weight is 392 g/mol. The molecule has 1 aromatic carbocycles. The van der Waals surface area contributed by atoms with Crippen molar-refractivity contribution in [3.05, 3.63) is 58.8 Å². The van der Waals surface area contributed by atoms with Crippen molar-refractivity contribution in [1.82, 2.24) is 19.7 Å². The van der Waals surface area contributed by atoms with E-state index in [1.807, 2.05) is 6.92 Å². The smallest absolute Gasteiger partial charge is 0.245 e. The van der Waals surface area contributed by atoms with Crippen LogP contribution in [-0.2, 0) is 13.2 Å². The van der Waals surface area contributed by atoms with E-state index < -0.39 is 17.8 Å². The summed E-state index contributed by atoms with van der Waals surface area (Å²) in [4.78, 5) is 7.53. The summed E-state index contributed by atoms with van der Waals surface area (Å²) in [6.07, 6.45) is -3.54. The highest BCUT2D eigenvalue weighted by Gasteiger charge is 2.33. The van der Waals surface area contributed by atoms with Crippen molar-refractivity contribution in [3.63, 3.8) is 0 Å². The van der Waals surface area contributed by atoms with Crippen molar-refractivity contribution >= 4 is 12.2 Å². The molecule has 3 rings (SSSR count). The van der Waals surface area contributed by atoms with Crippen LogP contribution in [0.5, 0.6) is 0 Å². The fourth-order valence-corrected chi connectivity index (χ4v) is 2.46. The van der Waals surface area contributed by atoms with Crippen LogP contribution in [0.4, 0.5) is 23.5 Å². The van der Waals surface area contributed by atoms with Gasteiger partial charge in [-0.25, -0.2) is 20.1 Å². The number of nitrogens with zero attached hydrogens (tertiary/aromatic N) is 5. The molecular formula is C18H16F4N6. The second kappa shape index (κ2) is 7.37. The molecule has 0 bridgehead atoms. The van der Waals surface area contributed by atoms with E-state index >= 15 is 0 Å². The number of alkyl halides is 3. The van der Waals surface area contributed by atoms with Gasteiger partial charge in [-0.05, 0) is 19.9 Å². The molecule has 0 spiro atoms. The average Bonchev–Trinajstić information content (AvgIpc) is 2.87. The summed E-state index contributed by atoms with van der Waals surface area (Å²) >= 11 is 0. The summed E-state index contributed by atoms with van der Waals surface area (Å²) in [6.45, 7) is 3.45. The molecule has 1 N–H and O–H groups in total. The second-order valence-electron chi connectivity index (χ2n) is 6.11. The Balaban J connectivity index is 1.94. The van der Waals surface area contributed by atoms with Crippen molar-refractivity contribution in [1.29, 1.82) is 0 Å². The van der Waals surface area contributed by atoms with E-state index in [9.17, 15) is 17.6 Å². The lowest BCUT2D eigenvalue weighted by Crippen LogP contribution is -2.11. The van der Waals surface area contributed by atoms with Crippen LogP contribution in [0.1, 0.15) is 22.5 Å². The van der Waals surface area contributed by atoms with Crippen molar-refractivity contribution in [2.24, 2.45) is 12.1 Å². The number of anilines is 1. The first-order chi connectivity index (χ1) is 13.1. The number of rotatable bonds is 4. The van der Waals surface area contributed by atoms with Crippen LogP contribution in [0.25, 0.3) is 11.3 Å². The standard InChI is InChI=1S/C18H16F4N6/c1-10-4-6-12(7-5-10)14-8-15(18(20,21)22)25-17(24-14)26-23-9-13-11(2)27-28(3)16(13)19/h4-9H,1-3H3,(H,24,25,26)/b23-9+. The molecule has 0 aliphatic rings. The normalized spacial score (nSPS) is 12.0. The Labute approximate surface area is 157 Å². The van der Waals surface area contributed by atoms with Gasteiger partial charge in [0.2, 0.25) is 11.9 Å². The molecule has 0 fully saturated rings. The number of nitrogens with one attached hydrogen (secondary N) is 1. The number of hydrazone groups is 1. The van der Waals surface area contributed by atoms with E-state index in [1.165, 1.54) is 7.05 Å². The Morgan fingerprint density at radius 1 is 1.11 bits per heavy atom. The van der Waals surface area contributed by atoms with Gasteiger partial charge in [-0.2, -0.15) is 27.8 Å². The van der Waals surface area contributed by atoms with Crippen LogP contribution in [0, 0.1) is 19.8 Å². The lowest BCUT2D eigenvalue weighted by atomic mass is 10.1. The van der Waals surface area contributed by atoms with Crippen molar-refractivity contribution in [3.8, 4) is 11.3 Å². The predicted octanol–water partition coefficient (Wildman–Crippen LogP) is 4.10. The summed E-state index contributed by atoms with van der Waals surface area (Å²) in [7, 11) is 1.43. The van der Waals surface area contributed by atoms with Crippen molar-refractivity contribution in [2.45, 2.75) is 20.0 Å². The number of aryl methyl sites for hydroxylation is 3. The highest BCUT2D eigenvalue weighted by molar-refractivity contribution is 5.81. The molecule has 6 nitrogen and oxygen atoms in total. The monoisotopic (exact) mass is 392 g/mol. The first-order valence-corrected chi connectivity index (χ1v) is 8.16. The fourth-order valence-electron chi connectivity index (χ4n) is 2.46. The van der Waals surface area contributed by atoms with Gasteiger partial charge in [0.25, 0.3) is 0 Å². The van der Waals surface area contributed by atoms with Crippen LogP contribution in [0.15, 0.2) is 35.4 Å². The predicted molar refractivity (Wildman–Crippen MR) is 96.3 cm³/mol. The SMILES string of the molecule is Cc1ccc(-c2cc(C(F)(F)F)nc(N/N=C/c3c(C)nn(C)c3F)n2)cc1. The van der Waals surface area contributed by atoms with Gasteiger partial charge in [0, 0.05) is 12.6 Å². The first-order valence-electron chi connectivity index (χ1n) is 8.16. The summed E-state index contributed by atoms with van der Waals surface area (Å²) in [5.41, 5.74) is 3.27. The molecular weight excluding hydrogens is 376 g/mol. The molecule has 0 saturated heterocycles. The molecule has 146 valence electrons. The number of halogens is 4. The van der Waals surface area contributed by atoms with E-state index in [2.05, 4.69) is 25.6 Å². The Hall–Kier alpha value is -3.30. The van der Waals surface area contributed by atoms with Gasteiger partial charge in [0.15, 0.2) is 5.69 Å². The first kappa shape index (κ1) is 19.5. The molecule has 0 radical (unpaired) electrons. The largest absolute Gasteiger partial charge is 0.433 e. The Kier molecular flexibility index (Phi) is 5.12. The van der Waals surface area contributed by atoms with Crippen LogP contribution in [-0.4, -0.2) is 26.0 Å². The molecule has 2 aromatic heterocycles. The third kappa shape index (κ3) is 4.16. The Morgan fingerprint density at radius 3 is 2.36 bits per heavy atom. The van der Waals surface area contributed by atoms with E-state index in [0.29, 0.717) is 11.3 Å². The maximum absolute atomic E-state index is 13.9. The second-order valence-corrected chi connectivity index (χ2v) is 6.11. The van der Waals surface area contributed by atoms with Gasteiger partial charge in [-0.1, -0.05) is 29.8 Å². The molecule has 0 amide bonds. The minimum absolute atomic E-state index is 0.0868.